The molecule has 0 aromatic heterocycles. The molecule has 8 nitrogen and oxygen atoms in total. The summed E-state index contributed by atoms with van der Waals surface area (Å²) in [6.45, 7) is 11.3. The summed E-state index contributed by atoms with van der Waals surface area (Å²) >= 11 is 0. The van der Waals surface area contributed by atoms with Crippen molar-refractivity contribution >= 4 is 28.3 Å². The maximum atomic E-state index is 13.4. The van der Waals surface area contributed by atoms with Crippen LogP contribution in [0.15, 0.2) is 29.2 Å². The highest BCUT2D eigenvalue weighted by Gasteiger charge is 2.37. The number of benzene rings is 1. The van der Waals surface area contributed by atoms with E-state index in [1.165, 1.54) is 24.3 Å². The highest BCUT2D eigenvalue weighted by atomic mass is 35.5. The minimum Gasteiger partial charge on any atom is -0.481 e. The van der Waals surface area contributed by atoms with Gasteiger partial charge in [0, 0.05) is 0 Å². The van der Waals surface area contributed by atoms with Crippen LogP contribution in [0.5, 0.6) is 5.75 Å². The number of ether oxygens (including phenoxy) is 1. The summed E-state index contributed by atoms with van der Waals surface area (Å²) in [4.78, 5) is 14.4. The van der Waals surface area contributed by atoms with Crippen LogP contribution in [0.25, 0.3) is 0 Å². The molecule has 0 saturated carbocycles. The topological polar surface area (TPSA) is 99.2 Å². The molecule has 0 saturated heterocycles. The first-order valence-electron chi connectivity index (χ1n) is 10.5. The minimum absolute atomic E-state index is 0. The number of halogens is 1. The molecule has 1 amide bonds. The second-order valence-electron chi connectivity index (χ2n) is 7.22. The Balaban J connectivity index is 0.0000102. The molecule has 0 aliphatic heterocycles. The first kappa shape index (κ1) is 30.7. The van der Waals surface area contributed by atoms with Gasteiger partial charge in [-0.25, -0.2) is 13.9 Å². The highest BCUT2D eigenvalue weighted by molar-refractivity contribution is 7.89. The fourth-order valence-corrected chi connectivity index (χ4v) is 4.57. The van der Waals surface area contributed by atoms with Crippen molar-refractivity contribution < 1.29 is 23.2 Å². The number of hydroxylamine groups is 1. The number of hydrogen-bond acceptors (Lipinski definition) is 6. The summed E-state index contributed by atoms with van der Waals surface area (Å²) < 4.78 is 33.3. The first-order valence-corrected chi connectivity index (χ1v) is 11.9. The van der Waals surface area contributed by atoms with E-state index in [9.17, 15) is 18.4 Å². The standard InChI is InChI=1S/C23H33N3O5S.ClH/c1-6-9-18-31-20-12-14-21(15-13-20)32(29,30)26(22(19(4)5)23(27)24-28)17-11-10-16-25(7-2)8-3;/h12-15,19,22,28H,7-8,16-18H2,1-5H3,(H,24,27);1H. The molecular formula is C23H34ClN3O5S. The molecule has 0 heterocycles. The fraction of sp³-hybridized carbons (Fsp3) is 0.522. The van der Waals surface area contributed by atoms with Gasteiger partial charge in [0.15, 0.2) is 0 Å². The maximum Gasteiger partial charge on any atom is 0.262 e. The Morgan fingerprint density at radius 2 is 1.67 bits per heavy atom. The van der Waals surface area contributed by atoms with Crippen molar-refractivity contribution in [2.45, 2.75) is 45.6 Å². The third-order valence-corrected chi connectivity index (χ3v) is 6.64. The van der Waals surface area contributed by atoms with Gasteiger partial charge >= 0.3 is 0 Å². The van der Waals surface area contributed by atoms with E-state index >= 15 is 0 Å². The molecule has 33 heavy (non-hydrogen) atoms. The third-order valence-electron chi connectivity index (χ3n) is 4.80. The summed E-state index contributed by atoms with van der Waals surface area (Å²) in [7, 11) is -4.09. The van der Waals surface area contributed by atoms with E-state index in [2.05, 4.69) is 28.6 Å². The summed E-state index contributed by atoms with van der Waals surface area (Å²) in [6.07, 6.45) is 0. The van der Waals surface area contributed by atoms with Crippen LogP contribution in [0.4, 0.5) is 0 Å². The number of carbonyl (C=O) groups is 1. The molecule has 1 unspecified atom stereocenters. The zero-order valence-corrected chi connectivity index (χ0v) is 21.4. The van der Waals surface area contributed by atoms with Crippen LogP contribution in [-0.4, -0.2) is 67.6 Å². The van der Waals surface area contributed by atoms with E-state index in [1.807, 2.05) is 13.8 Å². The zero-order chi connectivity index (χ0) is 24.1. The molecule has 0 spiro atoms. The molecule has 1 rings (SSSR count). The predicted octanol–water partition coefficient (Wildman–Crippen LogP) is 2.38. The van der Waals surface area contributed by atoms with Crippen LogP contribution >= 0.6 is 12.4 Å². The van der Waals surface area contributed by atoms with Gasteiger partial charge in [0.05, 0.1) is 18.0 Å². The lowest BCUT2D eigenvalue weighted by molar-refractivity contribution is -0.134. The van der Waals surface area contributed by atoms with Gasteiger partial charge in [-0.2, -0.15) is 4.31 Å². The second-order valence-corrected chi connectivity index (χ2v) is 9.11. The van der Waals surface area contributed by atoms with Gasteiger partial charge in [-0.1, -0.05) is 45.5 Å². The molecule has 0 aliphatic carbocycles. The SMILES string of the molecule is CC#CCOc1ccc(S(=O)(=O)N(CC#CCN(CC)CC)C(C(=O)NO)C(C)C)cc1.Cl. The molecule has 1 aromatic carbocycles. The maximum absolute atomic E-state index is 13.4. The van der Waals surface area contributed by atoms with Crippen molar-refractivity contribution in [2.24, 2.45) is 5.92 Å². The molecule has 0 fully saturated rings. The molecule has 0 aliphatic rings. The van der Waals surface area contributed by atoms with Crippen molar-refractivity contribution in [3.8, 4) is 29.4 Å². The zero-order valence-electron chi connectivity index (χ0n) is 19.8. The number of nitrogens with zero attached hydrogens (tertiary/aromatic N) is 2. The summed E-state index contributed by atoms with van der Waals surface area (Å²) in [5, 5.41) is 9.20. The van der Waals surface area contributed by atoms with E-state index in [0.29, 0.717) is 12.3 Å². The Bertz CT molecular complexity index is 956. The van der Waals surface area contributed by atoms with E-state index < -0.39 is 27.9 Å². The van der Waals surface area contributed by atoms with E-state index in [1.54, 1.807) is 26.3 Å². The Labute approximate surface area is 204 Å². The van der Waals surface area contributed by atoms with Gasteiger partial charge in [0.25, 0.3) is 5.91 Å². The smallest absolute Gasteiger partial charge is 0.262 e. The number of rotatable bonds is 11. The molecule has 2 N–H and O–H groups in total. The van der Waals surface area contributed by atoms with E-state index in [4.69, 9.17) is 4.74 Å². The van der Waals surface area contributed by atoms with Crippen molar-refractivity contribution in [3.05, 3.63) is 24.3 Å². The largest absolute Gasteiger partial charge is 0.481 e. The van der Waals surface area contributed by atoms with Crippen LogP contribution in [-0.2, 0) is 14.8 Å². The average Bonchev–Trinajstić information content (AvgIpc) is 2.78. The van der Waals surface area contributed by atoms with Crippen molar-refractivity contribution in [1.29, 1.82) is 0 Å². The lowest BCUT2D eigenvalue weighted by Crippen LogP contribution is -2.51. The van der Waals surface area contributed by atoms with Crippen LogP contribution in [0.1, 0.15) is 34.6 Å². The van der Waals surface area contributed by atoms with Crippen molar-refractivity contribution in [2.75, 3.05) is 32.8 Å². The third kappa shape index (κ3) is 9.24. The van der Waals surface area contributed by atoms with Gasteiger partial charge in [-0.05, 0) is 50.2 Å². The summed E-state index contributed by atoms with van der Waals surface area (Å²) in [6, 6.07) is 4.75. The number of amides is 1. The lowest BCUT2D eigenvalue weighted by Gasteiger charge is -2.30. The Hall–Kier alpha value is -2.27. The van der Waals surface area contributed by atoms with Crippen molar-refractivity contribution in [3.63, 3.8) is 0 Å². The van der Waals surface area contributed by atoms with Crippen LogP contribution in [0.3, 0.4) is 0 Å². The van der Waals surface area contributed by atoms with Gasteiger partial charge in [-0.3, -0.25) is 14.9 Å². The number of hydrogen-bond donors (Lipinski definition) is 2. The monoisotopic (exact) mass is 499 g/mol. The van der Waals surface area contributed by atoms with E-state index in [0.717, 1.165) is 17.4 Å². The quantitative estimate of drug-likeness (QED) is 0.275. The molecule has 184 valence electrons. The highest BCUT2D eigenvalue weighted by Crippen LogP contribution is 2.24. The lowest BCUT2D eigenvalue weighted by atomic mass is 10.0. The van der Waals surface area contributed by atoms with Crippen molar-refractivity contribution in [1.82, 2.24) is 14.7 Å². The summed E-state index contributed by atoms with van der Waals surface area (Å²) in [5.74, 6) is 10.6. The normalized spacial score (nSPS) is 11.7. The minimum atomic E-state index is -4.09. The van der Waals surface area contributed by atoms with Crippen LogP contribution in [0, 0.1) is 29.6 Å². The predicted molar refractivity (Wildman–Crippen MR) is 131 cm³/mol. The number of carbonyl (C=O) groups excluding carboxylic acids is 1. The first-order chi connectivity index (χ1) is 15.2. The molecular weight excluding hydrogens is 466 g/mol. The molecule has 0 radical (unpaired) electrons. The summed E-state index contributed by atoms with van der Waals surface area (Å²) in [5.41, 5.74) is 1.58. The molecule has 0 bridgehead atoms. The Morgan fingerprint density at radius 3 is 2.15 bits per heavy atom. The van der Waals surface area contributed by atoms with Gasteiger partial charge in [0.2, 0.25) is 10.0 Å². The fourth-order valence-electron chi connectivity index (χ4n) is 2.95. The van der Waals surface area contributed by atoms with Crippen LogP contribution < -0.4 is 10.2 Å². The number of nitrogens with one attached hydrogen (secondary N) is 1. The average molecular weight is 500 g/mol. The second kappa shape index (κ2) is 15.5. The molecule has 1 aromatic rings. The molecule has 1 atom stereocenters. The number of sulfonamides is 1. The molecule has 10 heteroatoms. The van der Waals surface area contributed by atoms with Gasteiger partial charge in [-0.15, -0.1) is 18.3 Å². The Morgan fingerprint density at radius 1 is 1.09 bits per heavy atom. The van der Waals surface area contributed by atoms with Crippen LogP contribution in [0.2, 0.25) is 0 Å². The Kier molecular flexibility index (Phi) is 14.5. The van der Waals surface area contributed by atoms with Gasteiger partial charge < -0.3 is 4.74 Å². The van der Waals surface area contributed by atoms with Gasteiger partial charge in [0.1, 0.15) is 18.4 Å². The van der Waals surface area contributed by atoms with E-state index in [-0.39, 0.29) is 30.5 Å².